The fraction of sp³-hybridized carbons (Fsp3) is 0.500. The monoisotopic (exact) mass is 296 g/mol. The van der Waals surface area contributed by atoms with Gasteiger partial charge in [0.15, 0.2) is 0 Å². The molecule has 0 fully saturated rings. The molecule has 0 radical (unpaired) electrons. The molecule has 1 rings (SSSR count). The Balaban J connectivity index is 0. The van der Waals surface area contributed by atoms with Crippen LogP contribution >= 0.6 is 24.8 Å². The van der Waals surface area contributed by atoms with Crippen LogP contribution in [0.4, 0.5) is 0 Å². The molecule has 106 valence electrons. The van der Waals surface area contributed by atoms with Gasteiger partial charge in [0.2, 0.25) is 0 Å². The van der Waals surface area contributed by atoms with Crippen molar-refractivity contribution in [2.75, 3.05) is 13.2 Å². The van der Waals surface area contributed by atoms with E-state index < -0.39 is 0 Å². The van der Waals surface area contributed by atoms with Gasteiger partial charge in [-0.25, -0.2) is 0 Å². The smallest absolute Gasteiger partial charge is 0.0585 e. The Morgan fingerprint density at radius 3 is 1.61 bits per heavy atom. The van der Waals surface area contributed by atoms with Crippen LogP contribution in [0.15, 0.2) is 24.3 Å². The fourth-order valence-corrected chi connectivity index (χ4v) is 1.62. The average molecular weight is 297 g/mol. The lowest BCUT2D eigenvalue weighted by molar-refractivity contribution is 0.264. The highest BCUT2D eigenvalue weighted by molar-refractivity contribution is 5.85. The van der Waals surface area contributed by atoms with Crippen molar-refractivity contribution >= 4 is 24.8 Å². The van der Waals surface area contributed by atoms with E-state index in [1.165, 1.54) is 0 Å². The molecule has 18 heavy (non-hydrogen) atoms. The minimum atomic E-state index is -0.221. The fourth-order valence-electron chi connectivity index (χ4n) is 1.62. The first kappa shape index (κ1) is 20.0. The summed E-state index contributed by atoms with van der Waals surface area (Å²) < 4.78 is 0. The maximum atomic E-state index is 8.87. The summed E-state index contributed by atoms with van der Waals surface area (Å²) in [6, 6.07) is 7.47. The zero-order valence-electron chi connectivity index (χ0n) is 10.2. The van der Waals surface area contributed by atoms with E-state index in [0.717, 1.165) is 11.1 Å². The van der Waals surface area contributed by atoms with E-state index in [2.05, 4.69) is 0 Å². The van der Waals surface area contributed by atoms with Gasteiger partial charge in [0, 0.05) is 12.1 Å². The third kappa shape index (κ3) is 7.16. The summed E-state index contributed by atoms with van der Waals surface area (Å²) >= 11 is 0. The molecular formula is C12H22Cl2N2O2. The topological polar surface area (TPSA) is 92.5 Å². The van der Waals surface area contributed by atoms with Crippen LogP contribution < -0.4 is 11.5 Å². The number of rotatable bonds is 6. The normalized spacial score (nSPS) is 13.1. The van der Waals surface area contributed by atoms with Crippen LogP contribution in [0, 0.1) is 0 Å². The molecule has 0 amide bonds. The highest BCUT2D eigenvalue weighted by Crippen LogP contribution is 2.09. The van der Waals surface area contributed by atoms with Gasteiger partial charge in [0.1, 0.15) is 0 Å². The van der Waals surface area contributed by atoms with E-state index in [1.54, 1.807) is 0 Å². The van der Waals surface area contributed by atoms with Crippen molar-refractivity contribution in [3.8, 4) is 0 Å². The van der Waals surface area contributed by atoms with Crippen LogP contribution in [0.3, 0.4) is 0 Å². The summed E-state index contributed by atoms with van der Waals surface area (Å²) in [5.74, 6) is 0. The molecule has 0 spiro atoms. The first-order valence-electron chi connectivity index (χ1n) is 5.46. The quantitative estimate of drug-likeness (QED) is 0.606. The molecule has 6 heteroatoms. The molecule has 0 aliphatic carbocycles. The van der Waals surface area contributed by atoms with Crippen molar-refractivity contribution in [1.82, 2.24) is 0 Å². The Labute approximate surface area is 120 Å². The third-order valence-corrected chi connectivity index (χ3v) is 2.46. The van der Waals surface area contributed by atoms with Crippen LogP contribution in [0.2, 0.25) is 0 Å². The third-order valence-electron chi connectivity index (χ3n) is 2.46. The van der Waals surface area contributed by atoms with Gasteiger partial charge in [0.25, 0.3) is 0 Å². The van der Waals surface area contributed by atoms with E-state index in [0.29, 0.717) is 12.8 Å². The standard InChI is InChI=1S/C12H20N2O2.2ClH/c13-11(7-15)5-9-2-1-3-10(4-9)6-12(14)8-16;;/h1-4,11-12,15-16H,5-8,13-14H2;2*1H. The highest BCUT2D eigenvalue weighted by atomic mass is 35.5. The molecular weight excluding hydrogens is 275 g/mol. The van der Waals surface area contributed by atoms with E-state index >= 15 is 0 Å². The van der Waals surface area contributed by atoms with Crippen LogP contribution in [0.1, 0.15) is 11.1 Å². The van der Waals surface area contributed by atoms with Gasteiger partial charge in [-0.2, -0.15) is 0 Å². The molecule has 0 aliphatic rings. The minimum absolute atomic E-state index is 0. The Morgan fingerprint density at radius 1 is 0.889 bits per heavy atom. The van der Waals surface area contributed by atoms with Crippen molar-refractivity contribution in [3.05, 3.63) is 35.4 Å². The van der Waals surface area contributed by atoms with Crippen molar-refractivity contribution < 1.29 is 10.2 Å². The molecule has 6 N–H and O–H groups in total. The zero-order chi connectivity index (χ0) is 12.0. The van der Waals surface area contributed by atoms with Gasteiger partial charge < -0.3 is 21.7 Å². The summed E-state index contributed by atoms with van der Waals surface area (Å²) in [6.45, 7) is -0.0270. The number of halogens is 2. The molecule has 4 nitrogen and oxygen atoms in total. The number of hydrogen-bond acceptors (Lipinski definition) is 4. The summed E-state index contributed by atoms with van der Waals surface area (Å²) in [4.78, 5) is 0. The molecule has 0 heterocycles. The predicted octanol–water partition coefficient (Wildman–Crippen LogP) is 0.254. The molecule has 0 saturated carbocycles. The summed E-state index contributed by atoms with van der Waals surface area (Å²) in [5, 5.41) is 17.7. The number of aliphatic hydroxyl groups is 2. The first-order chi connectivity index (χ1) is 7.65. The lowest BCUT2D eigenvalue weighted by Gasteiger charge is -2.11. The maximum Gasteiger partial charge on any atom is 0.0585 e. The summed E-state index contributed by atoms with van der Waals surface area (Å²) in [5.41, 5.74) is 13.5. The SMILES string of the molecule is Cl.Cl.NC(CO)Cc1cccc(CC(N)CO)c1. The number of aliphatic hydroxyl groups excluding tert-OH is 2. The van der Waals surface area contributed by atoms with E-state index in [1.807, 2.05) is 24.3 Å². The van der Waals surface area contributed by atoms with Gasteiger partial charge in [-0.3, -0.25) is 0 Å². The molecule has 1 aromatic rings. The Kier molecular flexibility index (Phi) is 11.7. The summed E-state index contributed by atoms with van der Waals surface area (Å²) in [6.07, 6.45) is 1.30. The largest absolute Gasteiger partial charge is 0.395 e. The Bertz CT molecular complexity index is 299. The van der Waals surface area contributed by atoms with Crippen molar-refractivity contribution in [2.24, 2.45) is 11.5 Å². The van der Waals surface area contributed by atoms with Gasteiger partial charge in [-0.15, -0.1) is 24.8 Å². The van der Waals surface area contributed by atoms with E-state index in [9.17, 15) is 0 Å². The van der Waals surface area contributed by atoms with Gasteiger partial charge >= 0.3 is 0 Å². The molecule has 0 saturated heterocycles. The number of nitrogens with two attached hydrogens (primary N) is 2. The summed E-state index contributed by atoms with van der Waals surface area (Å²) in [7, 11) is 0. The predicted molar refractivity (Wildman–Crippen MR) is 78.5 cm³/mol. The molecule has 0 aromatic heterocycles. The number of benzene rings is 1. The van der Waals surface area contributed by atoms with Crippen LogP contribution in [0.5, 0.6) is 0 Å². The minimum Gasteiger partial charge on any atom is -0.395 e. The van der Waals surface area contributed by atoms with Crippen LogP contribution in [0.25, 0.3) is 0 Å². The second-order valence-corrected chi connectivity index (χ2v) is 4.11. The molecule has 1 aromatic carbocycles. The van der Waals surface area contributed by atoms with Gasteiger partial charge in [0.05, 0.1) is 13.2 Å². The van der Waals surface area contributed by atoms with Gasteiger partial charge in [-0.05, 0) is 24.0 Å². The lowest BCUT2D eigenvalue weighted by atomic mass is 10.0. The maximum absolute atomic E-state index is 8.87. The second kappa shape index (κ2) is 10.6. The molecule has 2 unspecified atom stereocenters. The lowest BCUT2D eigenvalue weighted by Crippen LogP contribution is -2.28. The van der Waals surface area contributed by atoms with Gasteiger partial charge in [-0.1, -0.05) is 24.3 Å². The van der Waals surface area contributed by atoms with Crippen LogP contribution in [-0.2, 0) is 12.8 Å². The Hall–Kier alpha value is -0.360. The molecule has 2 atom stereocenters. The molecule has 0 bridgehead atoms. The van der Waals surface area contributed by atoms with E-state index in [4.69, 9.17) is 21.7 Å². The Morgan fingerprint density at radius 2 is 1.28 bits per heavy atom. The zero-order valence-corrected chi connectivity index (χ0v) is 11.8. The second-order valence-electron chi connectivity index (χ2n) is 4.11. The van der Waals surface area contributed by atoms with E-state index in [-0.39, 0.29) is 50.1 Å². The average Bonchev–Trinajstić information content (AvgIpc) is 2.29. The van der Waals surface area contributed by atoms with Crippen LogP contribution in [-0.4, -0.2) is 35.5 Å². The highest BCUT2D eigenvalue weighted by Gasteiger charge is 2.05. The van der Waals surface area contributed by atoms with Crippen molar-refractivity contribution in [1.29, 1.82) is 0 Å². The first-order valence-corrected chi connectivity index (χ1v) is 5.46. The molecule has 0 aliphatic heterocycles. The van der Waals surface area contributed by atoms with Crippen molar-refractivity contribution in [3.63, 3.8) is 0 Å². The number of hydrogen-bond donors (Lipinski definition) is 4. The van der Waals surface area contributed by atoms with Crippen molar-refractivity contribution in [2.45, 2.75) is 24.9 Å².